The third kappa shape index (κ3) is 6.67. The van der Waals surface area contributed by atoms with Gasteiger partial charge >= 0.3 is 12.2 Å². The number of nitrogens with zero attached hydrogens (tertiary/aromatic N) is 3. The molecule has 1 aromatic heterocycles. The molecule has 2 amide bonds. The Bertz CT molecular complexity index is 994. The van der Waals surface area contributed by atoms with Gasteiger partial charge in [0.15, 0.2) is 0 Å². The summed E-state index contributed by atoms with van der Waals surface area (Å²) >= 11 is 0. The Balaban J connectivity index is 0.00000408. The van der Waals surface area contributed by atoms with E-state index in [4.69, 9.17) is 0 Å². The lowest BCUT2D eigenvalue weighted by molar-refractivity contribution is -0.140. The molecule has 13 heteroatoms. The predicted octanol–water partition coefficient (Wildman–Crippen LogP) is 2.88. The van der Waals surface area contributed by atoms with Crippen LogP contribution in [0.5, 0.6) is 0 Å². The maximum atomic E-state index is 14.1. The number of anilines is 1. The van der Waals surface area contributed by atoms with E-state index >= 15 is 0 Å². The molecule has 4 N–H and O–H groups in total. The standard InChI is InChI=1S/C21H26F4N6O2.ClH/c1-12(11-32)28-19-27-8-14-5-6-31(10-18(14)29-19)20(33)30-17(9-26-2)13-3-4-15(16(22)7-13)21(23,24)25;/h3-4,7-8,12,17,26,32H,5-6,9-11H2,1-2H3,(H,30,33)(H,27,28,29);1H/t12-,17+;/m0./s1. The largest absolute Gasteiger partial charge is 0.419 e. The zero-order valence-corrected chi connectivity index (χ0v) is 19.4. The first-order valence-corrected chi connectivity index (χ1v) is 10.4. The number of carbonyl (C=O) groups excluding carboxylic acids is 1. The average Bonchev–Trinajstić information content (AvgIpc) is 2.77. The van der Waals surface area contributed by atoms with Gasteiger partial charge in [-0.2, -0.15) is 13.2 Å². The second-order valence-corrected chi connectivity index (χ2v) is 7.86. The summed E-state index contributed by atoms with van der Waals surface area (Å²) in [5, 5.41) is 17.8. The highest BCUT2D eigenvalue weighted by Crippen LogP contribution is 2.32. The van der Waals surface area contributed by atoms with Gasteiger partial charge in [0.25, 0.3) is 0 Å². The number of amides is 2. The third-order valence-electron chi connectivity index (χ3n) is 5.29. The van der Waals surface area contributed by atoms with Crippen LogP contribution in [0.2, 0.25) is 0 Å². The van der Waals surface area contributed by atoms with Gasteiger partial charge in [0.1, 0.15) is 5.82 Å². The molecule has 2 atom stereocenters. The minimum atomic E-state index is -4.80. The molecule has 2 heterocycles. The van der Waals surface area contributed by atoms with Crippen molar-refractivity contribution in [3.05, 3.63) is 52.6 Å². The highest BCUT2D eigenvalue weighted by Gasteiger charge is 2.34. The van der Waals surface area contributed by atoms with E-state index in [0.717, 1.165) is 17.7 Å². The number of nitrogens with one attached hydrogen (secondary N) is 3. The number of benzene rings is 1. The fourth-order valence-corrected chi connectivity index (χ4v) is 3.49. The van der Waals surface area contributed by atoms with Gasteiger partial charge in [0, 0.05) is 25.3 Å². The van der Waals surface area contributed by atoms with Gasteiger partial charge in [-0.3, -0.25) is 0 Å². The molecule has 0 saturated heterocycles. The van der Waals surface area contributed by atoms with Crippen LogP contribution in [0.3, 0.4) is 0 Å². The van der Waals surface area contributed by atoms with Crippen molar-refractivity contribution in [2.24, 2.45) is 0 Å². The summed E-state index contributed by atoms with van der Waals surface area (Å²) in [6.07, 6.45) is -2.58. The van der Waals surface area contributed by atoms with Crippen LogP contribution < -0.4 is 16.0 Å². The number of rotatable bonds is 7. The molecule has 0 radical (unpaired) electrons. The Morgan fingerprint density at radius 1 is 1.32 bits per heavy atom. The summed E-state index contributed by atoms with van der Waals surface area (Å²) < 4.78 is 52.7. The van der Waals surface area contributed by atoms with Gasteiger partial charge in [-0.1, -0.05) is 6.07 Å². The zero-order valence-electron chi connectivity index (χ0n) is 18.6. The molecular formula is C21H27ClF4N6O2. The van der Waals surface area contributed by atoms with Crippen molar-refractivity contribution in [1.29, 1.82) is 0 Å². The summed E-state index contributed by atoms with van der Waals surface area (Å²) in [6.45, 7) is 2.48. The molecule has 8 nitrogen and oxygen atoms in total. The number of likely N-dealkylation sites (N-methyl/N-ethyl adjacent to an activating group) is 1. The second-order valence-electron chi connectivity index (χ2n) is 7.86. The number of aromatic nitrogens is 2. The van der Waals surface area contributed by atoms with E-state index in [9.17, 15) is 27.5 Å². The number of hydrogen-bond donors (Lipinski definition) is 4. The lowest BCUT2D eigenvalue weighted by Gasteiger charge is -2.30. The summed E-state index contributed by atoms with van der Waals surface area (Å²) in [5.41, 5.74) is 0.420. The summed E-state index contributed by atoms with van der Waals surface area (Å²) in [6, 6.07) is 1.21. The molecule has 0 aliphatic carbocycles. The first-order chi connectivity index (χ1) is 15.6. The summed E-state index contributed by atoms with van der Waals surface area (Å²) in [7, 11) is 1.62. The number of urea groups is 1. The van der Waals surface area contributed by atoms with Crippen LogP contribution in [-0.4, -0.2) is 58.8 Å². The van der Waals surface area contributed by atoms with Crippen LogP contribution >= 0.6 is 12.4 Å². The minimum Gasteiger partial charge on any atom is -0.394 e. The molecule has 1 aromatic carbocycles. The number of hydrogen-bond acceptors (Lipinski definition) is 6. The molecule has 0 bridgehead atoms. The van der Waals surface area contributed by atoms with E-state index in [1.165, 1.54) is 4.90 Å². The molecule has 1 aliphatic heterocycles. The van der Waals surface area contributed by atoms with Gasteiger partial charge < -0.3 is 26.0 Å². The number of aliphatic hydroxyl groups excluding tert-OH is 1. The van der Waals surface area contributed by atoms with Gasteiger partial charge in [-0.25, -0.2) is 19.2 Å². The number of halogens is 5. The van der Waals surface area contributed by atoms with E-state index in [0.29, 0.717) is 30.7 Å². The number of carbonyl (C=O) groups is 1. The lowest BCUT2D eigenvalue weighted by Crippen LogP contribution is -2.46. The second kappa shape index (κ2) is 11.6. The molecule has 188 valence electrons. The predicted molar refractivity (Wildman–Crippen MR) is 120 cm³/mol. The average molecular weight is 507 g/mol. The van der Waals surface area contributed by atoms with Crippen molar-refractivity contribution in [2.75, 3.05) is 32.1 Å². The topological polar surface area (TPSA) is 102 Å². The maximum Gasteiger partial charge on any atom is 0.419 e. The van der Waals surface area contributed by atoms with Crippen molar-refractivity contribution < 1.29 is 27.5 Å². The molecule has 0 spiro atoms. The van der Waals surface area contributed by atoms with E-state index in [1.807, 2.05) is 0 Å². The molecule has 2 aromatic rings. The van der Waals surface area contributed by atoms with E-state index in [1.54, 1.807) is 20.2 Å². The normalized spacial score (nSPS) is 15.1. The summed E-state index contributed by atoms with van der Waals surface area (Å²) in [4.78, 5) is 23.1. The maximum absolute atomic E-state index is 14.1. The molecule has 1 aliphatic rings. The third-order valence-corrected chi connectivity index (χ3v) is 5.29. The van der Waals surface area contributed by atoms with E-state index < -0.39 is 29.6 Å². The van der Waals surface area contributed by atoms with Crippen molar-refractivity contribution in [2.45, 2.75) is 38.1 Å². The van der Waals surface area contributed by atoms with Gasteiger partial charge in [0.05, 0.1) is 30.5 Å². The Kier molecular flexibility index (Phi) is 9.42. The van der Waals surface area contributed by atoms with Crippen molar-refractivity contribution >= 4 is 24.4 Å². The van der Waals surface area contributed by atoms with Crippen molar-refractivity contribution in [3.8, 4) is 0 Å². The molecular weight excluding hydrogens is 480 g/mol. The molecule has 0 saturated carbocycles. The quantitative estimate of drug-likeness (QED) is 0.431. The van der Waals surface area contributed by atoms with Gasteiger partial charge in [-0.15, -0.1) is 12.4 Å². The Hall–Kier alpha value is -2.70. The minimum absolute atomic E-state index is 0. The highest BCUT2D eigenvalue weighted by molar-refractivity contribution is 5.85. The Labute approximate surface area is 200 Å². The molecule has 0 fully saturated rings. The fraction of sp³-hybridized carbons (Fsp3) is 0.476. The van der Waals surface area contributed by atoms with Gasteiger partial charge in [-0.05, 0) is 43.7 Å². The van der Waals surface area contributed by atoms with Crippen molar-refractivity contribution in [1.82, 2.24) is 25.5 Å². The van der Waals surface area contributed by atoms with Crippen LogP contribution in [0.25, 0.3) is 0 Å². The smallest absolute Gasteiger partial charge is 0.394 e. The highest BCUT2D eigenvalue weighted by atomic mass is 35.5. The molecule has 34 heavy (non-hydrogen) atoms. The molecule has 3 rings (SSSR count). The Morgan fingerprint density at radius 2 is 2.06 bits per heavy atom. The molecule has 0 unspecified atom stereocenters. The number of alkyl halides is 3. The fourth-order valence-electron chi connectivity index (χ4n) is 3.49. The van der Waals surface area contributed by atoms with Crippen LogP contribution in [0, 0.1) is 5.82 Å². The monoisotopic (exact) mass is 506 g/mol. The van der Waals surface area contributed by atoms with Crippen LogP contribution in [0.4, 0.5) is 28.3 Å². The first kappa shape index (κ1) is 27.5. The van der Waals surface area contributed by atoms with Crippen LogP contribution in [0.1, 0.15) is 35.3 Å². The number of fused-ring (bicyclic) bond motifs is 1. The van der Waals surface area contributed by atoms with E-state index in [2.05, 4.69) is 25.9 Å². The van der Waals surface area contributed by atoms with Crippen molar-refractivity contribution in [3.63, 3.8) is 0 Å². The first-order valence-electron chi connectivity index (χ1n) is 10.4. The van der Waals surface area contributed by atoms with E-state index in [-0.39, 0.29) is 43.7 Å². The van der Waals surface area contributed by atoms with Crippen LogP contribution in [0.15, 0.2) is 24.4 Å². The lowest BCUT2D eigenvalue weighted by atomic mass is 10.0. The zero-order chi connectivity index (χ0) is 24.2. The van der Waals surface area contributed by atoms with Crippen LogP contribution in [-0.2, 0) is 19.1 Å². The number of aliphatic hydroxyl groups is 1. The Morgan fingerprint density at radius 3 is 2.68 bits per heavy atom. The SMILES string of the molecule is CNC[C@@H](NC(=O)N1CCc2cnc(N[C@@H](C)CO)nc2C1)c1ccc(C(F)(F)F)c(F)c1.Cl. The summed E-state index contributed by atoms with van der Waals surface area (Å²) in [5.74, 6) is -1.05. The van der Waals surface area contributed by atoms with Gasteiger partial charge in [0.2, 0.25) is 5.95 Å².